The van der Waals surface area contributed by atoms with Gasteiger partial charge in [-0.3, -0.25) is 14.4 Å². The molecule has 1 N–H and O–H groups in total. The lowest BCUT2D eigenvalue weighted by Crippen LogP contribution is -2.55. The Bertz CT molecular complexity index is 2190. The number of benzene rings is 2. The number of hydrogen-bond acceptors (Lipinski definition) is 12. The van der Waals surface area contributed by atoms with Crippen molar-refractivity contribution in [1.29, 1.82) is 0 Å². The molecule has 14 heteroatoms. The molecule has 0 radical (unpaired) electrons. The first-order valence-electron chi connectivity index (χ1n) is 15.4. The lowest BCUT2D eigenvalue weighted by molar-refractivity contribution is -0.176. The number of carbonyl (C=O) groups is 2. The van der Waals surface area contributed by atoms with E-state index in [2.05, 4.69) is 0 Å². The fourth-order valence-electron chi connectivity index (χ4n) is 7.10. The van der Waals surface area contributed by atoms with Gasteiger partial charge in [-0.15, -0.1) is 0 Å². The molecule has 0 fully saturated rings. The van der Waals surface area contributed by atoms with Crippen molar-refractivity contribution >= 4 is 33.7 Å². The average Bonchev–Trinajstić information content (AvgIpc) is 3.06. The minimum absolute atomic E-state index is 0.00364. The minimum Gasteiger partial charge on any atom is -0.493 e. The number of rotatable bonds is 6. The van der Waals surface area contributed by atoms with E-state index in [-0.39, 0.29) is 28.4 Å². The van der Waals surface area contributed by atoms with Gasteiger partial charge < -0.3 is 47.4 Å². The van der Waals surface area contributed by atoms with Crippen molar-refractivity contribution in [1.82, 2.24) is 9.13 Å². The van der Waals surface area contributed by atoms with E-state index in [1.54, 1.807) is 45.2 Å². The predicted octanol–water partition coefficient (Wildman–Crippen LogP) is 3.27. The van der Waals surface area contributed by atoms with Gasteiger partial charge in [-0.2, -0.15) is 0 Å². The van der Waals surface area contributed by atoms with Crippen LogP contribution in [0.5, 0.6) is 34.5 Å². The predicted molar refractivity (Wildman–Crippen MR) is 176 cm³/mol. The number of pyridine rings is 2. The Labute approximate surface area is 280 Å². The van der Waals surface area contributed by atoms with Crippen LogP contribution in [0.3, 0.4) is 0 Å². The monoisotopic (exact) mass is 678 g/mol. The molecule has 2 aliphatic rings. The number of methoxy groups -OCH3 is 4. The number of esters is 2. The van der Waals surface area contributed by atoms with Gasteiger partial charge in [0.1, 0.15) is 45.7 Å². The van der Waals surface area contributed by atoms with Crippen LogP contribution in [0.15, 0.2) is 33.9 Å². The summed E-state index contributed by atoms with van der Waals surface area (Å²) in [5.74, 6) is -3.44. The van der Waals surface area contributed by atoms with E-state index < -0.39 is 52.2 Å². The molecular weight excluding hydrogens is 640 g/mol. The normalized spacial score (nSPS) is 19.1. The Morgan fingerprint density at radius 2 is 1.29 bits per heavy atom. The highest BCUT2D eigenvalue weighted by atomic mass is 16.6. The fraction of sp³-hybridized carbons (Fsp3) is 0.429. The summed E-state index contributed by atoms with van der Waals surface area (Å²) >= 11 is 0. The summed E-state index contributed by atoms with van der Waals surface area (Å²) in [4.78, 5) is 55.9. The number of hydrogen-bond donors (Lipinski definition) is 1. The molecule has 6 rings (SSSR count). The molecule has 3 atom stereocenters. The van der Waals surface area contributed by atoms with Crippen LogP contribution in [0.25, 0.3) is 21.8 Å². The summed E-state index contributed by atoms with van der Waals surface area (Å²) in [7, 11) is 8.90. The zero-order chi connectivity index (χ0) is 35.9. The number of fused-ring (bicyclic) bond motifs is 8. The molecule has 0 saturated carbocycles. The number of aryl methyl sites for hydroxylation is 2. The molecule has 0 amide bonds. The van der Waals surface area contributed by atoms with Gasteiger partial charge in [0.05, 0.1) is 39.9 Å². The Hall–Kier alpha value is -5.24. The summed E-state index contributed by atoms with van der Waals surface area (Å²) in [5.41, 5.74) is -3.83. The third-order valence-electron chi connectivity index (χ3n) is 9.40. The number of nitrogens with zero attached hydrogens (tertiary/aromatic N) is 2. The lowest BCUT2D eigenvalue weighted by Gasteiger charge is -2.49. The summed E-state index contributed by atoms with van der Waals surface area (Å²) < 4.78 is 43.6. The van der Waals surface area contributed by atoms with Gasteiger partial charge in [-0.05, 0) is 52.0 Å². The molecule has 0 saturated heterocycles. The molecule has 4 heterocycles. The Balaban J connectivity index is 1.73. The van der Waals surface area contributed by atoms with Gasteiger partial charge in [0.2, 0.25) is 0 Å². The molecule has 260 valence electrons. The zero-order valence-electron chi connectivity index (χ0n) is 28.9. The third kappa shape index (κ3) is 4.79. The first-order chi connectivity index (χ1) is 23.0. The van der Waals surface area contributed by atoms with Crippen molar-refractivity contribution in [2.45, 2.75) is 50.9 Å². The SMILES string of the molecule is COc1ccc2c3c(c(=O)n(C)c2c1OC)[C@@H](C(=O)OC(=O)C(C)(C)O)[C@@H]1[C@@H](O3)c2c(c3ccc(OC)c(OC)c3n(C)c2=O)OC1(C)C. The topological polar surface area (TPSA) is 163 Å². The molecule has 14 nitrogen and oxygen atoms in total. The summed E-state index contributed by atoms with van der Waals surface area (Å²) in [5, 5.41) is 11.2. The van der Waals surface area contributed by atoms with Crippen molar-refractivity contribution < 1.29 is 47.9 Å². The van der Waals surface area contributed by atoms with Crippen LogP contribution in [-0.4, -0.2) is 65.8 Å². The van der Waals surface area contributed by atoms with Crippen LogP contribution in [-0.2, 0) is 28.4 Å². The first kappa shape index (κ1) is 33.7. The second kappa shape index (κ2) is 11.4. The molecule has 2 aliphatic heterocycles. The van der Waals surface area contributed by atoms with Gasteiger partial charge in [0.25, 0.3) is 11.1 Å². The van der Waals surface area contributed by atoms with Crippen molar-refractivity contribution in [3.63, 3.8) is 0 Å². The van der Waals surface area contributed by atoms with Crippen molar-refractivity contribution in [2.24, 2.45) is 20.0 Å². The Morgan fingerprint density at radius 3 is 1.76 bits per heavy atom. The first-order valence-corrected chi connectivity index (χ1v) is 15.4. The molecular formula is C35H38N2O12. The van der Waals surface area contributed by atoms with E-state index in [1.807, 2.05) is 0 Å². The maximum absolute atomic E-state index is 14.4. The van der Waals surface area contributed by atoms with E-state index in [0.717, 1.165) is 0 Å². The second-order valence-electron chi connectivity index (χ2n) is 13.1. The third-order valence-corrected chi connectivity index (χ3v) is 9.40. The molecule has 2 aromatic heterocycles. The van der Waals surface area contributed by atoms with Crippen LogP contribution in [0.1, 0.15) is 50.8 Å². The maximum atomic E-state index is 14.4. The highest BCUT2D eigenvalue weighted by Gasteiger charge is 2.58. The average molecular weight is 679 g/mol. The van der Waals surface area contributed by atoms with E-state index in [9.17, 15) is 24.3 Å². The second-order valence-corrected chi connectivity index (χ2v) is 13.1. The molecule has 4 aromatic rings. The van der Waals surface area contributed by atoms with Crippen LogP contribution >= 0.6 is 0 Å². The standard InChI is InChI=1S/C35H38N2O12/c1-34(2,42)33(41)48-32(40)19-20-25(15-11-13-17(43-7)27(45-9)23(15)36(5)30(20)38)47-29-21-26(49-35(3,4)22(19)29)16-12-14-18(44-8)28(46-10)24(16)37(6)31(21)39/h11-14,19,22,29,42H,1-10H3/t19-,22-,29+/m1/s1. The number of aliphatic hydroxyl groups is 1. The molecule has 0 spiro atoms. The van der Waals surface area contributed by atoms with Crippen molar-refractivity contribution in [3.05, 3.63) is 56.1 Å². The molecule has 49 heavy (non-hydrogen) atoms. The van der Waals surface area contributed by atoms with Gasteiger partial charge in [-0.25, -0.2) is 4.79 Å². The maximum Gasteiger partial charge on any atom is 0.345 e. The largest absolute Gasteiger partial charge is 0.493 e. The van der Waals surface area contributed by atoms with Crippen molar-refractivity contribution in [2.75, 3.05) is 28.4 Å². The van der Waals surface area contributed by atoms with Gasteiger partial charge in [0.15, 0.2) is 28.6 Å². The van der Waals surface area contributed by atoms with Crippen LogP contribution in [0.2, 0.25) is 0 Å². The fourth-order valence-corrected chi connectivity index (χ4v) is 7.10. The van der Waals surface area contributed by atoms with E-state index in [0.29, 0.717) is 39.1 Å². The quantitative estimate of drug-likeness (QED) is 0.234. The number of ether oxygens (including phenoxy) is 7. The van der Waals surface area contributed by atoms with Crippen LogP contribution in [0, 0.1) is 5.92 Å². The van der Waals surface area contributed by atoms with E-state index in [1.165, 1.54) is 58.5 Å². The van der Waals surface area contributed by atoms with Crippen LogP contribution < -0.4 is 39.5 Å². The smallest absolute Gasteiger partial charge is 0.345 e. The molecule has 0 aliphatic carbocycles. The zero-order valence-corrected chi connectivity index (χ0v) is 28.9. The van der Waals surface area contributed by atoms with Gasteiger partial charge >= 0.3 is 11.9 Å². The van der Waals surface area contributed by atoms with Gasteiger partial charge in [-0.1, -0.05) is 0 Å². The highest BCUT2D eigenvalue weighted by Crippen LogP contribution is 2.58. The highest BCUT2D eigenvalue weighted by molar-refractivity contribution is 5.98. The summed E-state index contributed by atoms with van der Waals surface area (Å²) in [6.07, 6.45) is -1.19. The number of aromatic nitrogens is 2. The Kier molecular flexibility index (Phi) is 7.85. The molecule has 0 bridgehead atoms. The minimum atomic E-state index is -2.03. The molecule has 0 unspecified atom stereocenters. The van der Waals surface area contributed by atoms with Crippen molar-refractivity contribution in [3.8, 4) is 34.5 Å². The summed E-state index contributed by atoms with van der Waals surface area (Å²) in [6, 6.07) is 6.70. The number of carbonyl (C=O) groups excluding carboxylic acids is 2. The molecule has 2 aromatic carbocycles. The summed E-state index contributed by atoms with van der Waals surface area (Å²) in [6.45, 7) is 5.75. The van der Waals surface area contributed by atoms with Crippen LogP contribution in [0.4, 0.5) is 0 Å². The van der Waals surface area contributed by atoms with Gasteiger partial charge in [0, 0.05) is 24.9 Å². The van der Waals surface area contributed by atoms with E-state index in [4.69, 9.17) is 33.2 Å². The lowest BCUT2D eigenvalue weighted by atomic mass is 9.68. The van der Waals surface area contributed by atoms with E-state index >= 15 is 0 Å². The Morgan fingerprint density at radius 1 is 0.796 bits per heavy atom.